The first-order valence-corrected chi connectivity index (χ1v) is 20.0. The molecule has 0 spiro atoms. The summed E-state index contributed by atoms with van der Waals surface area (Å²) in [7, 11) is 0. The zero-order valence-electron chi connectivity index (χ0n) is 32.1. The van der Waals surface area contributed by atoms with Crippen LogP contribution < -0.4 is 4.90 Å². The predicted molar refractivity (Wildman–Crippen MR) is 220 cm³/mol. The van der Waals surface area contributed by atoms with Gasteiger partial charge in [0, 0.05) is 50.5 Å². The van der Waals surface area contributed by atoms with Gasteiger partial charge in [-0.15, -0.1) is 0 Å². The van der Waals surface area contributed by atoms with Crippen LogP contribution in [0.4, 0.5) is 5.69 Å². The van der Waals surface area contributed by atoms with Crippen molar-refractivity contribution in [3.05, 3.63) is 159 Å². The first-order chi connectivity index (χ1) is 25.6. The van der Waals surface area contributed by atoms with Crippen LogP contribution in [0.3, 0.4) is 0 Å². The number of nitrogens with zero attached hydrogens (tertiary/aromatic N) is 3. The van der Waals surface area contributed by atoms with E-state index < -0.39 is 0 Å². The summed E-state index contributed by atoms with van der Waals surface area (Å²) in [6, 6.07) is 18.8. The Labute approximate surface area is 314 Å². The Balaban J connectivity index is 1.11. The van der Waals surface area contributed by atoms with Crippen molar-refractivity contribution in [3.8, 4) is 5.69 Å². The number of fused-ring (bicyclic) bond motifs is 9. The van der Waals surface area contributed by atoms with Gasteiger partial charge >= 0.3 is 0 Å². The summed E-state index contributed by atoms with van der Waals surface area (Å²) in [4.78, 5) is 7.81. The number of rotatable bonds is 3. The van der Waals surface area contributed by atoms with E-state index in [-0.39, 0.29) is 22.3 Å². The Bertz CT molecular complexity index is 2600. The molecule has 2 aromatic carbocycles. The lowest BCUT2D eigenvalue weighted by Gasteiger charge is -2.39. The maximum Gasteiger partial charge on any atom is 0.0766 e. The van der Waals surface area contributed by atoms with E-state index in [4.69, 9.17) is 4.98 Å². The standard InChI is InChI=1S/C50H49N3/c1-48(2)39-15-9-7-13-33(39)35-22-19-31(28-42(35)48)52(32-20-23-36-34-14-8-10-16-40(34)49(3,4)43(36)29-32)30-21-24-44-38(27-30)37-25-26-51-47-46(37)53(44)45-18-12-11-17-41(45)50(47,5)6/h7,9-12,15-18,21-22,24-29,31,33H,8,13-14,19-20,23H2,1-6H3. The zero-order chi connectivity index (χ0) is 36.0. The molecule has 7 aliphatic rings. The van der Waals surface area contributed by atoms with Crippen LogP contribution in [0.1, 0.15) is 91.3 Å². The topological polar surface area (TPSA) is 21.1 Å². The number of benzene rings is 2. The second kappa shape index (κ2) is 10.6. The minimum atomic E-state index is -0.182. The highest BCUT2D eigenvalue weighted by Crippen LogP contribution is 2.58. The Morgan fingerprint density at radius 3 is 2.55 bits per heavy atom. The Hall–Kier alpha value is -4.89. The van der Waals surface area contributed by atoms with E-state index in [9.17, 15) is 0 Å². The fraction of sp³-hybridized carbons (Fsp3) is 0.340. The molecule has 0 amide bonds. The van der Waals surface area contributed by atoms with E-state index in [2.05, 4.69) is 148 Å². The Morgan fingerprint density at radius 2 is 1.66 bits per heavy atom. The fourth-order valence-corrected chi connectivity index (χ4v) is 11.7. The van der Waals surface area contributed by atoms with Crippen molar-refractivity contribution in [1.29, 1.82) is 0 Å². The molecule has 0 radical (unpaired) electrons. The SMILES string of the molecule is CC1(C)C2=CC(N(C3=CC4=C(CC3)C3=C(C=CCC3)C4(C)C)c3ccc4c(c3)c3ccnc5c3n4-c3ccccc3C5(C)C)CC=C2C2CC=CC=C21. The van der Waals surface area contributed by atoms with Crippen LogP contribution in [0.25, 0.3) is 27.5 Å². The number of hydrogen-bond donors (Lipinski definition) is 0. The molecule has 0 saturated heterocycles. The molecule has 2 unspecified atom stereocenters. The molecule has 53 heavy (non-hydrogen) atoms. The summed E-state index contributed by atoms with van der Waals surface area (Å²) in [5.74, 6) is 0.522. The maximum absolute atomic E-state index is 5.06. The van der Waals surface area contributed by atoms with Gasteiger partial charge in [0.25, 0.3) is 0 Å². The van der Waals surface area contributed by atoms with E-state index in [1.165, 1.54) is 56.4 Å². The van der Waals surface area contributed by atoms with Crippen LogP contribution in [-0.2, 0) is 5.41 Å². The first-order valence-electron chi connectivity index (χ1n) is 20.0. The maximum atomic E-state index is 5.06. The molecule has 1 saturated carbocycles. The van der Waals surface area contributed by atoms with Crippen LogP contribution >= 0.6 is 0 Å². The lowest BCUT2D eigenvalue weighted by Crippen LogP contribution is -2.36. The van der Waals surface area contributed by atoms with Gasteiger partial charge in [-0.25, -0.2) is 0 Å². The molecule has 0 N–H and O–H groups in total. The average molecular weight is 692 g/mol. The molecule has 3 heterocycles. The molecule has 3 nitrogen and oxygen atoms in total. The molecular weight excluding hydrogens is 643 g/mol. The summed E-state index contributed by atoms with van der Waals surface area (Å²) in [6.07, 6.45) is 28.5. The lowest BCUT2D eigenvalue weighted by atomic mass is 9.77. The highest BCUT2D eigenvalue weighted by Gasteiger charge is 2.47. The molecule has 1 aliphatic heterocycles. The minimum absolute atomic E-state index is 0.0237. The van der Waals surface area contributed by atoms with Crippen LogP contribution in [0, 0.1) is 16.7 Å². The van der Waals surface area contributed by atoms with Gasteiger partial charge in [0.2, 0.25) is 0 Å². The quantitative estimate of drug-likeness (QED) is 0.213. The lowest BCUT2D eigenvalue weighted by molar-refractivity contribution is 0.539. The fourth-order valence-electron chi connectivity index (χ4n) is 11.7. The third kappa shape index (κ3) is 4.09. The molecule has 1 fully saturated rings. The van der Waals surface area contributed by atoms with E-state index >= 15 is 0 Å². The van der Waals surface area contributed by atoms with Gasteiger partial charge in [-0.1, -0.05) is 94.0 Å². The highest BCUT2D eigenvalue weighted by molar-refractivity contribution is 6.12. The number of pyridine rings is 1. The van der Waals surface area contributed by atoms with E-state index in [0.29, 0.717) is 5.92 Å². The number of hydrogen-bond acceptors (Lipinski definition) is 2. The zero-order valence-corrected chi connectivity index (χ0v) is 32.1. The molecule has 264 valence electrons. The van der Waals surface area contributed by atoms with Crippen molar-refractivity contribution < 1.29 is 0 Å². The summed E-state index contributed by atoms with van der Waals surface area (Å²) >= 11 is 0. The van der Waals surface area contributed by atoms with Crippen molar-refractivity contribution >= 4 is 27.5 Å². The number of aromatic nitrogens is 2. The van der Waals surface area contributed by atoms with E-state index in [1.54, 1.807) is 33.4 Å². The van der Waals surface area contributed by atoms with Crippen LogP contribution in [-0.4, -0.2) is 15.6 Å². The van der Waals surface area contributed by atoms with Crippen LogP contribution in [0.5, 0.6) is 0 Å². The normalized spacial score (nSPS) is 25.3. The second-order valence-electron chi connectivity index (χ2n) is 18.1. The van der Waals surface area contributed by atoms with E-state index in [1.807, 2.05) is 6.20 Å². The van der Waals surface area contributed by atoms with Crippen LogP contribution in [0.2, 0.25) is 0 Å². The molecule has 2 aromatic heterocycles. The summed E-state index contributed by atoms with van der Waals surface area (Å²) < 4.78 is 2.49. The van der Waals surface area contributed by atoms with Crippen molar-refractivity contribution in [2.75, 3.05) is 4.90 Å². The van der Waals surface area contributed by atoms with Gasteiger partial charge < -0.3 is 9.47 Å². The van der Waals surface area contributed by atoms with Crippen molar-refractivity contribution in [3.63, 3.8) is 0 Å². The van der Waals surface area contributed by atoms with E-state index in [0.717, 1.165) is 37.8 Å². The number of allylic oxidation sites excluding steroid dienone is 14. The molecule has 11 rings (SSSR count). The molecule has 2 atom stereocenters. The second-order valence-corrected chi connectivity index (χ2v) is 18.1. The van der Waals surface area contributed by atoms with Crippen molar-refractivity contribution in [2.24, 2.45) is 16.7 Å². The van der Waals surface area contributed by atoms with Gasteiger partial charge in [0.15, 0.2) is 0 Å². The predicted octanol–water partition coefficient (Wildman–Crippen LogP) is 12.5. The Kier molecular flexibility index (Phi) is 6.34. The summed E-state index contributed by atoms with van der Waals surface area (Å²) in [5.41, 5.74) is 19.9. The van der Waals surface area contributed by atoms with Gasteiger partial charge in [0.1, 0.15) is 0 Å². The highest BCUT2D eigenvalue weighted by atomic mass is 15.2. The summed E-state index contributed by atoms with van der Waals surface area (Å²) in [6.45, 7) is 14.5. The van der Waals surface area contributed by atoms with Gasteiger partial charge in [0.05, 0.1) is 28.5 Å². The largest absolute Gasteiger partial charge is 0.338 e. The van der Waals surface area contributed by atoms with Crippen molar-refractivity contribution in [1.82, 2.24) is 9.55 Å². The van der Waals surface area contributed by atoms with Crippen molar-refractivity contribution in [2.45, 2.75) is 91.5 Å². The monoisotopic (exact) mass is 691 g/mol. The van der Waals surface area contributed by atoms with Gasteiger partial charge in [-0.2, -0.15) is 0 Å². The van der Waals surface area contributed by atoms with Crippen LogP contribution in [0.15, 0.2) is 148 Å². The number of para-hydroxylation sites is 1. The Morgan fingerprint density at radius 1 is 0.811 bits per heavy atom. The summed E-state index contributed by atoms with van der Waals surface area (Å²) in [5, 5.41) is 2.60. The van der Waals surface area contributed by atoms with Gasteiger partial charge in [-0.3, -0.25) is 4.98 Å². The minimum Gasteiger partial charge on any atom is -0.338 e. The molecule has 0 bridgehead atoms. The number of anilines is 1. The first kappa shape index (κ1) is 31.6. The molecule has 3 heteroatoms. The average Bonchev–Trinajstić information content (AvgIpc) is 3.71. The van der Waals surface area contributed by atoms with Gasteiger partial charge in [-0.05, 0) is 128 Å². The molecular formula is C50H49N3. The molecule has 4 aromatic rings. The smallest absolute Gasteiger partial charge is 0.0766 e. The third-order valence-electron chi connectivity index (χ3n) is 14.3. The third-order valence-corrected chi connectivity index (χ3v) is 14.3. The molecule has 6 aliphatic carbocycles.